The molecule has 4 aromatic rings. The highest BCUT2D eigenvalue weighted by Crippen LogP contribution is 2.32. The van der Waals surface area contributed by atoms with Crippen LogP contribution in [0.4, 0.5) is 5.69 Å². The van der Waals surface area contributed by atoms with Crippen LogP contribution in [-0.2, 0) is 16.6 Å². The van der Waals surface area contributed by atoms with Crippen LogP contribution >= 0.6 is 0 Å². The van der Waals surface area contributed by atoms with Gasteiger partial charge >= 0.3 is 0 Å². The Morgan fingerprint density at radius 3 is 2.59 bits per heavy atom. The average molecular weight is 498 g/mol. The molecule has 190 valence electrons. The van der Waals surface area contributed by atoms with E-state index in [0.29, 0.717) is 35.8 Å². The van der Waals surface area contributed by atoms with Crippen molar-refractivity contribution in [3.8, 4) is 11.4 Å². The Morgan fingerprint density at radius 2 is 1.84 bits per heavy atom. The first kappa shape index (κ1) is 24.6. The molecule has 37 heavy (non-hydrogen) atoms. The number of nitrogens with one attached hydrogen (secondary N) is 1. The molecule has 1 saturated heterocycles. The zero-order valence-corrected chi connectivity index (χ0v) is 21.2. The van der Waals surface area contributed by atoms with E-state index in [2.05, 4.69) is 34.6 Å². The van der Waals surface area contributed by atoms with Gasteiger partial charge in [-0.1, -0.05) is 30.3 Å². The van der Waals surface area contributed by atoms with E-state index in [0.717, 1.165) is 36.2 Å². The molecule has 1 atom stereocenters. The molecule has 0 saturated carbocycles. The summed E-state index contributed by atoms with van der Waals surface area (Å²) in [5.74, 6) is 0.831. The van der Waals surface area contributed by atoms with Gasteiger partial charge in [-0.15, -0.1) is 0 Å². The molecule has 1 aliphatic heterocycles. The largest absolute Gasteiger partial charge is 0.375 e. The van der Waals surface area contributed by atoms with Crippen molar-refractivity contribution >= 4 is 28.5 Å². The van der Waals surface area contributed by atoms with Gasteiger partial charge in [0.25, 0.3) is 5.91 Å². The van der Waals surface area contributed by atoms with Gasteiger partial charge in [0.05, 0.1) is 16.6 Å². The summed E-state index contributed by atoms with van der Waals surface area (Å²) in [7, 11) is 3.39. The van der Waals surface area contributed by atoms with E-state index < -0.39 is 0 Å². The van der Waals surface area contributed by atoms with E-state index in [1.807, 2.05) is 34.7 Å². The number of anilines is 1. The van der Waals surface area contributed by atoms with Crippen molar-refractivity contribution in [1.29, 1.82) is 0 Å². The molecule has 1 aliphatic rings. The number of fused-ring (bicyclic) bond motifs is 1. The lowest BCUT2D eigenvalue weighted by Gasteiger charge is -2.22. The number of aromatic nitrogens is 3. The van der Waals surface area contributed by atoms with E-state index in [1.54, 1.807) is 24.5 Å². The van der Waals surface area contributed by atoms with Gasteiger partial charge in [0, 0.05) is 50.9 Å². The van der Waals surface area contributed by atoms with Gasteiger partial charge in [-0.3, -0.25) is 14.6 Å². The van der Waals surface area contributed by atoms with E-state index in [-0.39, 0.29) is 18.4 Å². The summed E-state index contributed by atoms with van der Waals surface area (Å²) in [4.78, 5) is 37.2. The van der Waals surface area contributed by atoms with Crippen molar-refractivity contribution in [3.63, 3.8) is 0 Å². The summed E-state index contributed by atoms with van der Waals surface area (Å²) >= 11 is 0. The van der Waals surface area contributed by atoms with Gasteiger partial charge in [0.1, 0.15) is 12.4 Å². The van der Waals surface area contributed by atoms with E-state index in [4.69, 9.17) is 9.72 Å². The predicted octanol–water partition coefficient (Wildman–Crippen LogP) is 4.63. The van der Waals surface area contributed by atoms with Crippen LogP contribution in [0.5, 0.6) is 0 Å². The lowest BCUT2D eigenvalue weighted by atomic mass is 9.92. The SMILES string of the molecule is COCC(=O)Nc1cc(C(=O)N2CCCC(c3ccccc3)CC2)c2c(c1)nc(-c1ccncc1)n2C. The van der Waals surface area contributed by atoms with E-state index in [1.165, 1.54) is 12.7 Å². The first-order chi connectivity index (χ1) is 18.0. The zero-order valence-electron chi connectivity index (χ0n) is 21.2. The first-order valence-corrected chi connectivity index (χ1v) is 12.6. The lowest BCUT2D eigenvalue weighted by Crippen LogP contribution is -2.32. The van der Waals surface area contributed by atoms with Crippen molar-refractivity contribution < 1.29 is 14.3 Å². The molecule has 1 N–H and O–H groups in total. The molecular formula is C29H31N5O3. The Hall–Kier alpha value is -4.04. The summed E-state index contributed by atoms with van der Waals surface area (Å²) < 4.78 is 6.91. The van der Waals surface area contributed by atoms with E-state index in [9.17, 15) is 9.59 Å². The summed E-state index contributed by atoms with van der Waals surface area (Å²) in [6.45, 7) is 1.30. The third-order valence-corrected chi connectivity index (χ3v) is 6.98. The second-order valence-electron chi connectivity index (χ2n) is 9.43. The molecule has 3 heterocycles. The van der Waals surface area contributed by atoms with Crippen molar-refractivity contribution in [3.05, 3.63) is 78.1 Å². The minimum atomic E-state index is -0.286. The topological polar surface area (TPSA) is 89.3 Å². The number of carbonyl (C=O) groups is 2. The van der Waals surface area contributed by atoms with Crippen LogP contribution in [0.25, 0.3) is 22.4 Å². The fourth-order valence-electron chi connectivity index (χ4n) is 5.20. The molecule has 0 aliphatic carbocycles. The number of likely N-dealkylation sites (tertiary alicyclic amines) is 1. The number of amides is 2. The number of methoxy groups -OCH3 is 1. The number of aryl methyl sites for hydroxylation is 1. The Balaban J connectivity index is 1.51. The number of hydrogen-bond acceptors (Lipinski definition) is 5. The minimum Gasteiger partial charge on any atom is -0.375 e. The number of hydrogen-bond donors (Lipinski definition) is 1. The number of imidazole rings is 1. The number of benzene rings is 2. The van der Waals surface area contributed by atoms with Crippen LogP contribution in [0, 0.1) is 0 Å². The minimum absolute atomic E-state index is 0.0502. The predicted molar refractivity (Wildman–Crippen MR) is 143 cm³/mol. The molecule has 0 radical (unpaired) electrons. The van der Waals surface area contributed by atoms with Crippen molar-refractivity contribution in [1.82, 2.24) is 19.4 Å². The number of ether oxygens (including phenoxy) is 1. The third kappa shape index (κ3) is 5.24. The average Bonchev–Trinajstić information content (AvgIpc) is 3.08. The maximum atomic E-state index is 14.0. The molecule has 8 nitrogen and oxygen atoms in total. The van der Waals surface area contributed by atoms with Crippen LogP contribution in [0.1, 0.15) is 41.1 Å². The fraction of sp³-hybridized carbons (Fsp3) is 0.310. The molecule has 0 bridgehead atoms. The Labute approximate surface area is 216 Å². The maximum Gasteiger partial charge on any atom is 0.256 e. The fourth-order valence-corrected chi connectivity index (χ4v) is 5.20. The van der Waals surface area contributed by atoms with Gasteiger partial charge in [-0.2, -0.15) is 0 Å². The molecule has 2 aromatic heterocycles. The number of nitrogens with zero attached hydrogens (tertiary/aromatic N) is 4. The van der Waals surface area contributed by atoms with Crippen molar-refractivity contribution in [2.45, 2.75) is 25.2 Å². The Kier molecular flexibility index (Phi) is 7.28. The number of rotatable bonds is 6. The van der Waals surface area contributed by atoms with Crippen molar-refractivity contribution in [2.24, 2.45) is 7.05 Å². The number of pyridine rings is 1. The Bertz CT molecular complexity index is 1400. The maximum absolute atomic E-state index is 14.0. The molecule has 1 unspecified atom stereocenters. The Morgan fingerprint density at radius 1 is 1.05 bits per heavy atom. The molecule has 1 fully saturated rings. The van der Waals surface area contributed by atoms with E-state index >= 15 is 0 Å². The highest BCUT2D eigenvalue weighted by atomic mass is 16.5. The standard InChI is InChI=1S/C29H31N5O3/c1-33-27-24(29(36)34-15-6-9-21(12-16-34)20-7-4-3-5-8-20)17-23(31-26(35)19-37-2)18-25(27)32-28(33)22-10-13-30-14-11-22/h3-5,7-8,10-11,13-14,17-18,21H,6,9,12,15-16,19H2,1-2H3,(H,31,35). The second kappa shape index (κ2) is 10.9. The van der Waals surface area contributed by atoms with Gasteiger partial charge in [0.2, 0.25) is 5.91 Å². The second-order valence-corrected chi connectivity index (χ2v) is 9.43. The molecular weight excluding hydrogens is 466 g/mol. The monoisotopic (exact) mass is 497 g/mol. The molecule has 2 aromatic carbocycles. The van der Waals surface area contributed by atoms with Crippen molar-refractivity contribution in [2.75, 3.05) is 32.1 Å². The van der Waals surface area contributed by atoms with Gasteiger partial charge in [-0.05, 0) is 55.0 Å². The highest BCUT2D eigenvalue weighted by molar-refractivity contribution is 6.08. The van der Waals surface area contributed by atoms with Gasteiger partial charge in [-0.25, -0.2) is 4.98 Å². The molecule has 0 spiro atoms. The number of carbonyl (C=O) groups excluding carboxylic acids is 2. The van der Waals surface area contributed by atoms with Crippen LogP contribution < -0.4 is 5.32 Å². The first-order valence-electron chi connectivity index (χ1n) is 12.6. The lowest BCUT2D eigenvalue weighted by molar-refractivity contribution is -0.119. The summed E-state index contributed by atoms with van der Waals surface area (Å²) in [5.41, 5.74) is 4.66. The summed E-state index contributed by atoms with van der Waals surface area (Å²) in [5, 5.41) is 2.85. The highest BCUT2D eigenvalue weighted by Gasteiger charge is 2.26. The van der Waals surface area contributed by atoms with Crippen LogP contribution in [0.3, 0.4) is 0 Å². The normalized spacial score (nSPS) is 15.9. The molecule has 8 heteroatoms. The van der Waals surface area contributed by atoms with Crippen LogP contribution in [-0.4, -0.2) is 58.1 Å². The zero-order chi connectivity index (χ0) is 25.8. The van der Waals surface area contributed by atoms with Gasteiger partial charge < -0.3 is 19.5 Å². The van der Waals surface area contributed by atoms with Crippen LogP contribution in [0.15, 0.2) is 67.0 Å². The molecule has 5 rings (SSSR count). The summed E-state index contributed by atoms with van der Waals surface area (Å²) in [6, 6.07) is 17.9. The smallest absolute Gasteiger partial charge is 0.256 e. The third-order valence-electron chi connectivity index (χ3n) is 6.98. The summed E-state index contributed by atoms with van der Waals surface area (Å²) in [6.07, 6.45) is 6.34. The van der Waals surface area contributed by atoms with Gasteiger partial charge in [0.15, 0.2) is 0 Å². The van der Waals surface area contributed by atoms with Crippen LogP contribution in [0.2, 0.25) is 0 Å². The molecule has 2 amide bonds. The quantitative estimate of drug-likeness (QED) is 0.420.